The molecule has 1 aliphatic carbocycles. The fraction of sp³-hybridized carbons (Fsp3) is 0.353. The van der Waals surface area contributed by atoms with Crippen LogP contribution in [0.1, 0.15) is 30.6 Å². The van der Waals surface area contributed by atoms with E-state index in [9.17, 15) is 9.90 Å². The summed E-state index contributed by atoms with van der Waals surface area (Å²) < 4.78 is 1.03. The molecule has 0 aliphatic heterocycles. The van der Waals surface area contributed by atoms with E-state index in [0.29, 0.717) is 12.0 Å². The van der Waals surface area contributed by atoms with Crippen molar-refractivity contribution in [1.29, 1.82) is 0 Å². The van der Waals surface area contributed by atoms with Gasteiger partial charge < -0.3 is 10.4 Å². The molecule has 0 bridgehead atoms. The molecule has 1 amide bonds. The molecule has 2 atom stereocenters. The zero-order valence-electron chi connectivity index (χ0n) is 12.1. The van der Waals surface area contributed by atoms with Gasteiger partial charge in [0.1, 0.15) is 0 Å². The Bertz CT molecular complexity index is 711. The van der Waals surface area contributed by atoms with Gasteiger partial charge in [-0.1, -0.05) is 41.9 Å². The number of rotatable bonds is 2. The van der Waals surface area contributed by atoms with E-state index in [4.69, 9.17) is 0 Å². The second-order valence-electron chi connectivity index (χ2n) is 6.31. The first-order valence-corrected chi connectivity index (χ1v) is 7.85. The monoisotopic (exact) mass is 347 g/mol. The van der Waals surface area contributed by atoms with Crippen molar-refractivity contribution in [3.63, 3.8) is 0 Å². The van der Waals surface area contributed by atoms with E-state index in [-0.39, 0.29) is 23.5 Å². The van der Waals surface area contributed by atoms with Crippen molar-refractivity contribution >= 4 is 32.6 Å². The molecular weight excluding hydrogens is 330 g/mol. The van der Waals surface area contributed by atoms with Gasteiger partial charge in [0.15, 0.2) is 0 Å². The molecule has 2 aromatic carbocycles. The minimum absolute atomic E-state index is 0.0283. The van der Waals surface area contributed by atoms with Crippen LogP contribution in [0.4, 0.5) is 0 Å². The molecule has 0 radical (unpaired) electrons. The fourth-order valence-electron chi connectivity index (χ4n) is 2.75. The Morgan fingerprint density at radius 1 is 1.24 bits per heavy atom. The Balaban J connectivity index is 1.81. The second-order valence-corrected chi connectivity index (χ2v) is 7.22. The number of halogens is 1. The summed E-state index contributed by atoms with van der Waals surface area (Å²) in [5.74, 6) is -0.0789. The topological polar surface area (TPSA) is 49.3 Å². The van der Waals surface area contributed by atoms with Crippen molar-refractivity contribution in [1.82, 2.24) is 5.32 Å². The number of aliphatic hydroxyl groups excluding tert-OH is 1. The highest BCUT2D eigenvalue weighted by Gasteiger charge is 2.47. The van der Waals surface area contributed by atoms with E-state index < -0.39 is 0 Å². The molecule has 1 fully saturated rings. The van der Waals surface area contributed by atoms with Crippen LogP contribution in [0, 0.1) is 5.41 Å². The van der Waals surface area contributed by atoms with Crippen LogP contribution in [0.3, 0.4) is 0 Å². The fourth-order valence-corrected chi connectivity index (χ4v) is 3.13. The van der Waals surface area contributed by atoms with Crippen LogP contribution >= 0.6 is 15.9 Å². The van der Waals surface area contributed by atoms with Crippen LogP contribution in [-0.4, -0.2) is 23.2 Å². The third-order valence-corrected chi connectivity index (χ3v) is 5.08. The number of hydrogen-bond donors (Lipinski definition) is 2. The van der Waals surface area contributed by atoms with Gasteiger partial charge in [0, 0.05) is 21.5 Å². The predicted molar refractivity (Wildman–Crippen MR) is 87.3 cm³/mol. The maximum Gasteiger partial charge on any atom is 0.251 e. The quantitative estimate of drug-likeness (QED) is 0.873. The first-order chi connectivity index (χ1) is 9.88. The standard InChI is InChI=1S/C17H18BrNO2/c1-17(2)14(9-15(17)20)19-16(21)12-4-3-11-8-13(18)6-5-10(11)7-12/h3-8,14-15,20H,9H2,1-2H3,(H,19,21). The van der Waals surface area contributed by atoms with Crippen molar-refractivity contribution in [2.24, 2.45) is 5.41 Å². The summed E-state index contributed by atoms with van der Waals surface area (Å²) >= 11 is 3.44. The Labute approximate surface area is 132 Å². The number of amides is 1. The van der Waals surface area contributed by atoms with Gasteiger partial charge in [-0.2, -0.15) is 0 Å². The molecule has 0 aromatic heterocycles. The summed E-state index contributed by atoms with van der Waals surface area (Å²) in [6, 6.07) is 11.7. The summed E-state index contributed by atoms with van der Waals surface area (Å²) in [6.45, 7) is 3.95. The van der Waals surface area contributed by atoms with Crippen molar-refractivity contribution in [3.8, 4) is 0 Å². The molecule has 0 heterocycles. The Morgan fingerprint density at radius 2 is 1.90 bits per heavy atom. The van der Waals surface area contributed by atoms with Gasteiger partial charge in [0.25, 0.3) is 5.91 Å². The minimum atomic E-state index is -0.336. The number of carbonyl (C=O) groups is 1. The van der Waals surface area contributed by atoms with E-state index in [2.05, 4.69) is 21.2 Å². The highest BCUT2D eigenvalue weighted by atomic mass is 79.9. The largest absolute Gasteiger partial charge is 0.392 e. The summed E-state index contributed by atoms with van der Waals surface area (Å²) in [5, 5.41) is 14.9. The molecule has 3 rings (SSSR count). The number of carbonyl (C=O) groups excluding carboxylic acids is 1. The van der Waals surface area contributed by atoms with Gasteiger partial charge in [-0.3, -0.25) is 4.79 Å². The lowest BCUT2D eigenvalue weighted by Gasteiger charge is -2.49. The van der Waals surface area contributed by atoms with Crippen LogP contribution in [0.5, 0.6) is 0 Å². The SMILES string of the molecule is CC1(C)C(O)CC1NC(=O)c1ccc2cc(Br)ccc2c1. The smallest absolute Gasteiger partial charge is 0.251 e. The molecule has 21 heavy (non-hydrogen) atoms. The summed E-state index contributed by atoms with van der Waals surface area (Å²) in [4.78, 5) is 12.4. The summed E-state index contributed by atoms with van der Waals surface area (Å²) in [7, 11) is 0. The number of benzene rings is 2. The number of aliphatic hydroxyl groups is 1. The molecule has 0 saturated heterocycles. The van der Waals surface area contributed by atoms with E-state index in [1.165, 1.54) is 0 Å². The van der Waals surface area contributed by atoms with E-state index >= 15 is 0 Å². The molecule has 0 spiro atoms. The summed E-state index contributed by atoms with van der Waals surface area (Å²) in [6.07, 6.45) is 0.288. The zero-order chi connectivity index (χ0) is 15.2. The molecule has 1 aliphatic rings. The number of nitrogens with one attached hydrogen (secondary N) is 1. The second kappa shape index (κ2) is 5.11. The lowest BCUT2D eigenvalue weighted by molar-refractivity contribution is -0.0689. The van der Waals surface area contributed by atoms with Gasteiger partial charge in [0.2, 0.25) is 0 Å². The lowest BCUT2D eigenvalue weighted by Crippen LogP contribution is -2.61. The average Bonchev–Trinajstić information content (AvgIpc) is 2.46. The van der Waals surface area contributed by atoms with Crippen molar-refractivity contribution in [2.75, 3.05) is 0 Å². The third-order valence-electron chi connectivity index (χ3n) is 4.59. The van der Waals surface area contributed by atoms with Gasteiger partial charge in [-0.15, -0.1) is 0 Å². The predicted octanol–water partition coefficient (Wildman–Crippen LogP) is 3.49. The Kier molecular flexibility index (Phi) is 3.54. The molecule has 4 heteroatoms. The first kappa shape index (κ1) is 14.5. The molecule has 2 unspecified atom stereocenters. The van der Waals surface area contributed by atoms with Crippen molar-refractivity contribution in [3.05, 3.63) is 46.4 Å². The van der Waals surface area contributed by atoms with Gasteiger partial charge in [0.05, 0.1) is 6.10 Å². The molecule has 110 valence electrons. The maximum atomic E-state index is 12.4. The minimum Gasteiger partial charge on any atom is -0.392 e. The van der Waals surface area contributed by atoms with E-state index in [0.717, 1.165) is 15.2 Å². The Hall–Kier alpha value is -1.39. The molecule has 2 N–H and O–H groups in total. The van der Waals surface area contributed by atoms with Crippen LogP contribution in [0.15, 0.2) is 40.9 Å². The Morgan fingerprint density at radius 3 is 2.57 bits per heavy atom. The van der Waals surface area contributed by atoms with Crippen molar-refractivity contribution in [2.45, 2.75) is 32.4 Å². The summed E-state index contributed by atoms with van der Waals surface area (Å²) in [5.41, 5.74) is 0.402. The highest BCUT2D eigenvalue weighted by Crippen LogP contribution is 2.40. The molecule has 2 aromatic rings. The normalized spacial score (nSPS) is 23.6. The van der Waals surface area contributed by atoms with Crippen LogP contribution in [-0.2, 0) is 0 Å². The maximum absolute atomic E-state index is 12.4. The lowest BCUT2D eigenvalue weighted by atomic mass is 9.64. The van der Waals surface area contributed by atoms with Crippen LogP contribution in [0.2, 0.25) is 0 Å². The van der Waals surface area contributed by atoms with Gasteiger partial charge in [-0.25, -0.2) is 0 Å². The molecule has 3 nitrogen and oxygen atoms in total. The molecular formula is C17H18BrNO2. The zero-order valence-corrected chi connectivity index (χ0v) is 13.6. The number of fused-ring (bicyclic) bond motifs is 1. The number of hydrogen-bond acceptors (Lipinski definition) is 2. The highest BCUT2D eigenvalue weighted by molar-refractivity contribution is 9.10. The molecule has 1 saturated carbocycles. The average molecular weight is 348 g/mol. The van der Waals surface area contributed by atoms with Crippen LogP contribution in [0.25, 0.3) is 10.8 Å². The van der Waals surface area contributed by atoms with Gasteiger partial charge in [-0.05, 0) is 41.5 Å². The van der Waals surface area contributed by atoms with Crippen LogP contribution < -0.4 is 5.32 Å². The van der Waals surface area contributed by atoms with Gasteiger partial charge >= 0.3 is 0 Å². The van der Waals surface area contributed by atoms with E-state index in [1.54, 1.807) is 0 Å². The first-order valence-electron chi connectivity index (χ1n) is 7.06. The third kappa shape index (κ3) is 2.58. The van der Waals surface area contributed by atoms with Crippen molar-refractivity contribution < 1.29 is 9.90 Å². The van der Waals surface area contributed by atoms with E-state index in [1.807, 2.05) is 50.2 Å².